The van der Waals surface area contributed by atoms with Gasteiger partial charge in [0.2, 0.25) is 0 Å². The Labute approximate surface area is 110 Å². The Hall–Kier alpha value is -1.46. The number of benzene rings is 1. The Morgan fingerprint density at radius 1 is 1.33 bits per heavy atom. The summed E-state index contributed by atoms with van der Waals surface area (Å²) in [7, 11) is 0. The smallest absolute Gasteiger partial charge is 0.147 e. The highest BCUT2D eigenvalue weighted by Gasteiger charge is 2.19. The summed E-state index contributed by atoms with van der Waals surface area (Å²) in [6, 6.07) is 7.87. The van der Waals surface area contributed by atoms with E-state index in [0.717, 1.165) is 34.6 Å². The van der Waals surface area contributed by atoms with Crippen molar-refractivity contribution in [3.05, 3.63) is 29.3 Å². The third-order valence-electron chi connectivity index (χ3n) is 2.91. The van der Waals surface area contributed by atoms with E-state index in [1.54, 1.807) is 23.5 Å². The maximum absolute atomic E-state index is 9.44. The molecule has 4 nitrogen and oxygen atoms in total. The van der Waals surface area contributed by atoms with Gasteiger partial charge in [0, 0.05) is 24.6 Å². The molecule has 0 bridgehead atoms. The van der Waals surface area contributed by atoms with Gasteiger partial charge < -0.3 is 10.4 Å². The zero-order valence-corrected chi connectivity index (χ0v) is 10.8. The molecule has 2 N–H and O–H groups in total. The first-order chi connectivity index (χ1) is 8.81. The Kier molecular flexibility index (Phi) is 3.25. The van der Waals surface area contributed by atoms with Crippen molar-refractivity contribution in [2.75, 3.05) is 6.54 Å². The van der Waals surface area contributed by atoms with Gasteiger partial charge in [0.25, 0.3) is 0 Å². The van der Waals surface area contributed by atoms with Crippen LogP contribution in [0.25, 0.3) is 10.6 Å². The van der Waals surface area contributed by atoms with E-state index in [9.17, 15) is 5.11 Å². The first-order valence-corrected chi connectivity index (χ1v) is 6.98. The molecule has 1 aliphatic rings. The van der Waals surface area contributed by atoms with Crippen molar-refractivity contribution < 1.29 is 5.11 Å². The van der Waals surface area contributed by atoms with Crippen LogP contribution in [0.4, 0.5) is 0 Å². The summed E-state index contributed by atoms with van der Waals surface area (Å²) in [5.41, 5.74) is 0.925. The average molecular weight is 261 g/mol. The van der Waals surface area contributed by atoms with Crippen LogP contribution in [0.15, 0.2) is 24.3 Å². The van der Waals surface area contributed by atoms with E-state index in [-0.39, 0.29) is 5.75 Å². The lowest BCUT2D eigenvalue weighted by Gasteiger charge is -1.98. The molecular weight excluding hydrogens is 246 g/mol. The molecule has 1 aromatic heterocycles. The highest BCUT2D eigenvalue weighted by molar-refractivity contribution is 7.14. The van der Waals surface area contributed by atoms with Crippen LogP contribution in [-0.2, 0) is 6.42 Å². The van der Waals surface area contributed by atoms with E-state index < -0.39 is 0 Å². The van der Waals surface area contributed by atoms with Crippen molar-refractivity contribution in [1.82, 2.24) is 15.5 Å². The fraction of sp³-hybridized carbons (Fsp3) is 0.385. The second kappa shape index (κ2) is 5.04. The molecule has 0 unspecified atom stereocenters. The molecule has 1 aromatic carbocycles. The summed E-state index contributed by atoms with van der Waals surface area (Å²) in [5.74, 6) is 0.264. The van der Waals surface area contributed by atoms with E-state index >= 15 is 0 Å². The SMILES string of the molecule is Oc1cccc(-c2nnc(CCNC3CC3)s2)c1. The van der Waals surface area contributed by atoms with Crippen LogP contribution >= 0.6 is 11.3 Å². The first-order valence-electron chi connectivity index (χ1n) is 6.16. The molecule has 0 atom stereocenters. The van der Waals surface area contributed by atoms with E-state index in [0.29, 0.717) is 0 Å². The predicted molar refractivity (Wildman–Crippen MR) is 71.7 cm³/mol. The number of phenolic OH excluding ortho intramolecular Hbond substituents is 1. The van der Waals surface area contributed by atoms with Gasteiger partial charge in [0.1, 0.15) is 15.8 Å². The van der Waals surface area contributed by atoms with Crippen molar-refractivity contribution >= 4 is 11.3 Å². The van der Waals surface area contributed by atoms with Crippen LogP contribution in [-0.4, -0.2) is 27.9 Å². The van der Waals surface area contributed by atoms with Crippen molar-refractivity contribution in [1.29, 1.82) is 0 Å². The van der Waals surface area contributed by atoms with Crippen LogP contribution < -0.4 is 5.32 Å². The van der Waals surface area contributed by atoms with Crippen LogP contribution in [0.3, 0.4) is 0 Å². The van der Waals surface area contributed by atoms with Crippen molar-refractivity contribution in [3.8, 4) is 16.3 Å². The quantitative estimate of drug-likeness (QED) is 0.866. The van der Waals surface area contributed by atoms with Crippen molar-refractivity contribution in [2.24, 2.45) is 0 Å². The highest BCUT2D eigenvalue weighted by atomic mass is 32.1. The van der Waals surface area contributed by atoms with Gasteiger partial charge in [-0.15, -0.1) is 10.2 Å². The average Bonchev–Trinajstić information content (AvgIpc) is 3.06. The van der Waals surface area contributed by atoms with Gasteiger partial charge in [-0.05, 0) is 25.0 Å². The minimum Gasteiger partial charge on any atom is -0.508 e. The Morgan fingerprint density at radius 3 is 3.00 bits per heavy atom. The number of hydrogen-bond donors (Lipinski definition) is 2. The highest BCUT2D eigenvalue weighted by Crippen LogP contribution is 2.26. The van der Waals surface area contributed by atoms with Crippen LogP contribution in [0, 0.1) is 0 Å². The molecule has 0 saturated heterocycles. The summed E-state index contributed by atoms with van der Waals surface area (Å²) < 4.78 is 0. The minimum atomic E-state index is 0.264. The number of aromatic nitrogens is 2. The van der Waals surface area contributed by atoms with Crippen LogP contribution in [0.2, 0.25) is 0 Å². The van der Waals surface area contributed by atoms with Gasteiger partial charge in [-0.25, -0.2) is 0 Å². The number of nitrogens with one attached hydrogen (secondary N) is 1. The summed E-state index contributed by atoms with van der Waals surface area (Å²) in [5, 5.41) is 23.2. The number of rotatable bonds is 5. The zero-order valence-electron chi connectivity index (χ0n) is 9.97. The standard InChI is InChI=1S/C13H15N3OS/c17-11-3-1-2-9(8-11)13-16-15-12(18-13)6-7-14-10-4-5-10/h1-3,8,10,14,17H,4-7H2. The monoisotopic (exact) mass is 261 g/mol. The summed E-state index contributed by atoms with van der Waals surface area (Å²) in [4.78, 5) is 0. The molecule has 1 aliphatic carbocycles. The molecule has 3 rings (SSSR count). The van der Waals surface area contributed by atoms with E-state index in [1.165, 1.54) is 12.8 Å². The molecule has 0 amide bonds. The molecule has 2 aromatic rings. The van der Waals surface area contributed by atoms with E-state index in [4.69, 9.17) is 0 Å². The summed E-state index contributed by atoms with van der Waals surface area (Å²) in [6.07, 6.45) is 3.54. The molecule has 94 valence electrons. The van der Waals surface area contributed by atoms with Crippen LogP contribution in [0.1, 0.15) is 17.8 Å². The second-order valence-corrected chi connectivity index (χ2v) is 5.59. The van der Waals surface area contributed by atoms with E-state index in [2.05, 4.69) is 15.5 Å². The van der Waals surface area contributed by atoms with Gasteiger partial charge in [-0.2, -0.15) is 0 Å². The lowest BCUT2D eigenvalue weighted by molar-refractivity contribution is 0.475. The third-order valence-corrected chi connectivity index (χ3v) is 3.94. The van der Waals surface area contributed by atoms with Gasteiger partial charge in [-0.3, -0.25) is 0 Å². The Morgan fingerprint density at radius 2 is 2.22 bits per heavy atom. The molecule has 18 heavy (non-hydrogen) atoms. The second-order valence-electron chi connectivity index (χ2n) is 4.53. The van der Waals surface area contributed by atoms with Gasteiger partial charge in [0.15, 0.2) is 0 Å². The molecule has 0 aliphatic heterocycles. The maximum atomic E-state index is 9.44. The summed E-state index contributed by atoms with van der Waals surface area (Å²) in [6.45, 7) is 0.972. The fourth-order valence-electron chi connectivity index (χ4n) is 1.78. The molecule has 0 radical (unpaired) electrons. The lowest BCUT2D eigenvalue weighted by atomic mass is 10.2. The lowest BCUT2D eigenvalue weighted by Crippen LogP contribution is -2.19. The number of nitrogens with zero attached hydrogens (tertiary/aromatic N) is 2. The number of aromatic hydroxyl groups is 1. The van der Waals surface area contributed by atoms with Crippen LogP contribution in [0.5, 0.6) is 5.75 Å². The van der Waals surface area contributed by atoms with Gasteiger partial charge in [-0.1, -0.05) is 23.5 Å². The largest absolute Gasteiger partial charge is 0.508 e. The first kappa shape index (κ1) is 11.6. The van der Waals surface area contributed by atoms with E-state index in [1.807, 2.05) is 12.1 Å². The summed E-state index contributed by atoms with van der Waals surface area (Å²) >= 11 is 1.59. The number of phenols is 1. The molecule has 0 spiro atoms. The van der Waals surface area contributed by atoms with Crippen molar-refractivity contribution in [2.45, 2.75) is 25.3 Å². The number of hydrogen-bond acceptors (Lipinski definition) is 5. The topological polar surface area (TPSA) is 58.0 Å². The minimum absolute atomic E-state index is 0.264. The zero-order chi connectivity index (χ0) is 12.4. The molecular formula is C13H15N3OS. The maximum Gasteiger partial charge on any atom is 0.147 e. The molecule has 1 heterocycles. The Balaban J connectivity index is 1.64. The fourth-order valence-corrected chi connectivity index (χ4v) is 2.62. The van der Waals surface area contributed by atoms with Gasteiger partial charge in [0.05, 0.1) is 0 Å². The normalized spacial score (nSPS) is 14.9. The molecule has 1 fully saturated rings. The van der Waals surface area contributed by atoms with Crippen molar-refractivity contribution in [3.63, 3.8) is 0 Å². The Bertz CT molecular complexity index is 537. The molecule has 1 saturated carbocycles. The van der Waals surface area contributed by atoms with Gasteiger partial charge >= 0.3 is 0 Å². The molecule has 5 heteroatoms. The third kappa shape index (κ3) is 2.86. The predicted octanol–water partition coefficient (Wildman–Crippen LogP) is 2.21.